The fourth-order valence-electron chi connectivity index (χ4n) is 2.58. The van der Waals surface area contributed by atoms with Crippen LogP contribution in [0, 0.1) is 0 Å². The summed E-state index contributed by atoms with van der Waals surface area (Å²) in [6.45, 7) is 2.26. The van der Waals surface area contributed by atoms with Crippen LogP contribution in [0.2, 0.25) is 0 Å². The second-order valence-electron chi connectivity index (χ2n) is 4.64. The molecule has 1 fully saturated rings. The van der Waals surface area contributed by atoms with Gasteiger partial charge in [-0.15, -0.1) is 0 Å². The SMILES string of the molecule is O=Cc1c[nH]c2ccc(N3CCCCC3)cc12. The number of hydrogen-bond acceptors (Lipinski definition) is 2. The molecule has 3 rings (SSSR count). The van der Waals surface area contributed by atoms with Gasteiger partial charge in [0.1, 0.15) is 0 Å². The molecule has 17 heavy (non-hydrogen) atoms. The molecule has 0 atom stereocenters. The van der Waals surface area contributed by atoms with E-state index in [0.717, 1.165) is 35.8 Å². The summed E-state index contributed by atoms with van der Waals surface area (Å²) >= 11 is 0. The van der Waals surface area contributed by atoms with Crippen LogP contribution in [0.1, 0.15) is 29.6 Å². The number of nitrogens with one attached hydrogen (secondary N) is 1. The highest BCUT2D eigenvalue weighted by Gasteiger charge is 2.12. The van der Waals surface area contributed by atoms with E-state index in [9.17, 15) is 4.79 Å². The third-order valence-corrected chi connectivity index (χ3v) is 3.55. The molecule has 0 unspecified atom stereocenters. The second-order valence-corrected chi connectivity index (χ2v) is 4.64. The van der Waals surface area contributed by atoms with Crippen molar-refractivity contribution >= 4 is 22.9 Å². The number of carbonyl (C=O) groups excluding carboxylic acids is 1. The minimum atomic E-state index is 0.749. The Balaban J connectivity index is 2.01. The molecule has 1 N–H and O–H groups in total. The van der Waals surface area contributed by atoms with Crippen molar-refractivity contribution in [1.82, 2.24) is 4.98 Å². The Hall–Kier alpha value is -1.77. The van der Waals surface area contributed by atoms with Gasteiger partial charge in [-0.1, -0.05) is 0 Å². The van der Waals surface area contributed by atoms with E-state index in [0.29, 0.717) is 0 Å². The molecule has 1 aliphatic heterocycles. The lowest BCUT2D eigenvalue weighted by Gasteiger charge is -2.28. The minimum Gasteiger partial charge on any atom is -0.372 e. The van der Waals surface area contributed by atoms with Gasteiger partial charge in [-0.2, -0.15) is 0 Å². The standard InChI is InChI=1S/C14H16N2O/c17-10-11-9-15-14-5-4-12(8-13(11)14)16-6-2-1-3-7-16/h4-5,8-10,15H,1-3,6-7H2. The molecule has 3 nitrogen and oxygen atoms in total. The number of aromatic amines is 1. The summed E-state index contributed by atoms with van der Waals surface area (Å²) in [6.07, 6.45) is 6.57. The normalized spacial score (nSPS) is 16.4. The van der Waals surface area contributed by atoms with E-state index in [1.54, 1.807) is 6.20 Å². The molecule has 0 amide bonds. The number of aldehydes is 1. The maximum atomic E-state index is 10.9. The van der Waals surface area contributed by atoms with Crippen molar-refractivity contribution in [2.24, 2.45) is 0 Å². The lowest BCUT2D eigenvalue weighted by Crippen LogP contribution is -2.29. The molecular weight excluding hydrogens is 212 g/mol. The number of benzene rings is 1. The molecule has 2 heterocycles. The summed E-state index contributed by atoms with van der Waals surface area (Å²) < 4.78 is 0. The predicted molar refractivity (Wildman–Crippen MR) is 69.8 cm³/mol. The summed E-state index contributed by atoms with van der Waals surface area (Å²) in [5.41, 5.74) is 3.02. The first-order valence-electron chi connectivity index (χ1n) is 6.20. The number of anilines is 1. The first kappa shape index (κ1) is 10.4. The smallest absolute Gasteiger partial charge is 0.152 e. The van der Waals surface area contributed by atoms with Crippen LogP contribution in [-0.2, 0) is 0 Å². The number of piperidine rings is 1. The van der Waals surface area contributed by atoms with Crippen LogP contribution < -0.4 is 4.90 Å². The van der Waals surface area contributed by atoms with Crippen molar-refractivity contribution < 1.29 is 4.79 Å². The van der Waals surface area contributed by atoms with Crippen LogP contribution in [-0.4, -0.2) is 24.4 Å². The summed E-state index contributed by atoms with van der Waals surface area (Å²) in [6, 6.07) is 6.33. The van der Waals surface area contributed by atoms with E-state index in [1.807, 2.05) is 0 Å². The van der Waals surface area contributed by atoms with Crippen LogP contribution >= 0.6 is 0 Å². The molecular formula is C14H16N2O. The summed E-state index contributed by atoms with van der Waals surface area (Å²) in [7, 11) is 0. The average molecular weight is 228 g/mol. The average Bonchev–Trinajstić information content (AvgIpc) is 2.81. The summed E-state index contributed by atoms with van der Waals surface area (Å²) in [5.74, 6) is 0. The monoisotopic (exact) mass is 228 g/mol. The number of carbonyl (C=O) groups is 1. The Morgan fingerprint density at radius 3 is 2.76 bits per heavy atom. The highest BCUT2D eigenvalue weighted by Crippen LogP contribution is 2.25. The van der Waals surface area contributed by atoms with Gasteiger partial charge in [0.2, 0.25) is 0 Å². The van der Waals surface area contributed by atoms with E-state index in [-0.39, 0.29) is 0 Å². The van der Waals surface area contributed by atoms with Gasteiger partial charge in [-0.25, -0.2) is 0 Å². The predicted octanol–water partition coefficient (Wildman–Crippen LogP) is 2.97. The van der Waals surface area contributed by atoms with Crippen LogP contribution in [0.3, 0.4) is 0 Å². The zero-order chi connectivity index (χ0) is 11.7. The van der Waals surface area contributed by atoms with Gasteiger partial charge in [-0.3, -0.25) is 4.79 Å². The van der Waals surface area contributed by atoms with Gasteiger partial charge in [0.15, 0.2) is 6.29 Å². The van der Waals surface area contributed by atoms with Gasteiger partial charge in [0.25, 0.3) is 0 Å². The second kappa shape index (κ2) is 4.24. The van der Waals surface area contributed by atoms with Crippen LogP contribution in [0.15, 0.2) is 24.4 Å². The molecule has 0 radical (unpaired) electrons. The van der Waals surface area contributed by atoms with Crippen molar-refractivity contribution in [2.75, 3.05) is 18.0 Å². The molecule has 2 aromatic rings. The van der Waals surface area contributed by atoms with Crippen molar-refractivity contribution in [3.63, 3.8) is 0 Å². The van der Waals surface area contributed by atoms with Crippen molar-refractivity contribution in [3.8, 4) is 0 Å². The Labute approximate surface area is 100 Å². The topological polar surface area (TPSA) is 36.1 Å². The van der Waals surface area contributed by atoms with E-state index in [4.69, 9.17) is 0 Å². The molecule has 1 aromatic heterocycles. The lowest BCUT2D eigenvalue weighted by atomic mass is 10.1. The Morgan fingerprint density at radius 1 is 1.18 bits per heavy atom. The van der Waals surface area contributed by atoms with Crippen LogP contribution in [0.4, 0.5) is 5.69 Å². The molecule has 0 bridgehead atoms. The fourth-order valence-corrected chi connectivity index (χ4v) is 2.58. The van der Waals surface area contributed by atoms with Crippen LogP contribution in [0.5, 0.6) is 0 Å². The van der Waals surface area contributed by atoms with Gasteiger partial charge < -0.3 is 9.88 Å². The number of H-pyrrole nitrogens is 1. The highest BCUT2D eigenvalue weighted by molar-refractivity contribution is 5.98. The number of aromatic nitrogens is 1. The zero-order valence-corrected chi connectivity index (χ0v) is 9.78. The molecule has 88 valence electrons. The Bertz CT molecular complexity index is 538. The molecule has 1 aliphatic rings. The third kappa shape index (κ3) is 1.82. The first-order valence-corrected chi connectivity index (χ1v) is 6.20. The van der Waals surface area contributed by atoms with Crippen molar-refractivity contribution in [3.05, 3.63) is 30.0 Å². The van der Waals surface area contributed by atoms with E-state index in [1.165, 1.54) is 24.9 Å². The largest absolute Gasteiger partial charge is 0.372 e. The molecule has 0 spiro atoms. The number of rotatable bonds is 2. The molecule has 1 aromatic carbocycles. The third-order valence-electron chi connectivity index (χ3n) is 3.55. The lowest BCUT2D eigenvalue weighted by molar-refractivity contribution is 0.112. The first-order chi connectivity index (χ1) is 8.38. The Morgan fingerprint density at radius 2 is 2.00 bits per heavy atom. The van der Waals surface area contributed by atoms with Gasteiger partial charge >= 0.3 is 0 Å². The van der Waals surface area contributed by atoms with Crippen molar-refractivity contribution in [2.45, 2.75) is 19.3 Å². The zero-order valence-electron chi connectivity index (χ0n) is 9.78. The molecule has 1 saturated heterocycles. The maximum absolute atomic E-state index is 10.9. The maximum Gasteiger partial charge on any atom is 0.152 e. The fraction of sp³-hybridized carbons (Fsp3) is 0.357. The van der Waals surface area contributed by atoms with E-state index < -0.39 is 0 Å². The summed E-state index contributed by atoms with van der Waals surface area (Å²) in [4.78, 5) is 16.5. The Kier molecular flexibility index (Phi) is 2.59. The number of hydrogen-bond donors (Lipinski definition) is 1. The van der Waals surface area contributed by atoms with Crippen molar-refractivity contribution in [1.29, 1.82) is 0 Å². The molecule has 0 saturated carbocycles. The molecule has 3 heteroatoms. The number of nitrogens with zero attached hydrogens (tertiary/aromatic N) is 1. The highest BCUT2D eigenvalue weighted by atomic mass is 16.1. The molecule has 0 aliphatic carbocycles. The van der Waals surface area contributed by atoms with Crippen LogP contribution in [0.25, 0.3) is 10.9 Å². The number of fused-ring (bicyclic) bond motifs is 1. The van der Waals surface area contributed by atoms with Gasteiger partial charge in [-0.05, 0) is 37.5 Å². The quantitative estimate of drug-likeness (QED) is 0.802. The van der Waals surface area contributed by atoms with E-state index in [2.05, 4.69) is 28.1 Å². The van der Waals surface area contributed by atoms with Gasteiger partial charge in [0, 0.05) is 41.4 Å². The van der Waals surface area contributed by atoms with Gasteiger partial charge in [0.05, 0.1) is 0 Å². The van der Waals surface area contributed by atoms with E-state index >= 15 is 0 Å². The summed E-state index contributed by atoms with van der Waals surface area (Å²) in [5, 5.41) is 1.03. The minimum absolute atomic E-state index is 0.749.